The molecule has 0 saturated carbocycles. The minimum absolute atomic E-state index is 0.692. The number of allylic oxidation sites excluding steroid dienone is 4. The molecule has 0 saturated heterocycles. The molecule has 0 aliphatic heterocycles. The molecule has 0 aromatic heterocycles. The van der Waals surface area contributed by atoms with Crippen LogP contribution in [0.25, 0.3) is 0 Å². The summed E-state index contributed by atoms with van der Waals surface area (Å²) >= 11 is 3.23. The monoisotopic (exact) mass is 188 g/mol. The second-order valence-corrected chi connectivity index (χ2v) is 2.35. The molecule has 0 radical (unpaired) electrons. The van der Waals surface area contributed by atoms with E-state index in [0.717, 1.165) is 10.8 Å². The largest absolute Gasteiger partial charge is 0.298 e. The van der Waals surface area contributed by atoms with E-state index in [1.807, 2.05) is 19.9 Å². The van der Waals surface area contributed by atoms with E-state index in [9.17, 15) is 4.79 Å². The van der Waals surface area contributed by atoms with Crippen LogP contribution in [0.15, 0.2) is 22.2 Å². The molecule has 0 rings (SSSR count). The van der Waals surface area contributed by atoms with Crippen LogP contribution in [-0.4, -0.2) is 6.29 Å². The van der Waals surface area contributed by atoms with Gasteiger partial charge in [-0.25, -0.2) is 0 Å². The SMILES string of the molecule is C/C=C(C=O)\C(Br)=C/C. The Morgan fingerprint density at radius 1 is 1.33 bits per heavy atom. The highest BCUT2D eigenvalue weighted by Crippen LogP contribution is 2.13. The zero-order valence-electron chi connectivity index (χ0n) is 5.52. The van der Waals surface area contributed by atoms with Crippen molar-refractivity contribution in [2.75, 3.05) is 0 Å². The van der Waals surface area contributed by atoms with Gasteiger partial charge in [0.25, 0.3) is 0 Å². The Labute approximate surface area is 63.6 Å². The van der Waals surface area contributed by atoms with E-state index in [4.69, 9.17) is 0 Å². The Morgan fingerprint density at radius 2 is 1.89 bits per heavy atom. The van der Waals surface area contributed by atoms with Crippen LogP contribution in [0.1, 0.15) is 13.8 Å². The van der Waals surface area contributed by atoms with Gasteiger partial charge in [0.1, 0.15) is 0 Å². The fraction of sp³-hybridized carbons (Fsp3) is 0.286. The zero-order chi connectivity index (χ0) is 7.28. The van der Waals surface area contributed by atoms with Crippen molar-refractivity contribution in [2.45, 2.75) is 13.8 Å². The first-order chi connectivity index (χ1) is 4.26. The summed E-state index contributed by atoms with van der Waals surface area (Å²) in [6.07, 6.45) is 4.42. The fourth-order valence-electron chi connectivity index (χ4n) is 0.429. The summed E-state index contributed by atoms with van der Waals surface area (Å²) in [6, 6.07) is 0. The standard InChI is InChI=1S/C7H9BrO/c1-3-6(5-9)7(8)4-2/h3-5H,1-2H3/b6-3-,7-4+. The van der Waals surface area contributed by atoms with E-state index in [1.54, 1.807) is 6.08 Å². The quantitative estimate of drug-likeness (QED) is 0.370. The lowest BCUT2D eigenvalue weighted by atomic mass is 10.2. The lowest BCUT2D eigenvalue weighted by Crippen LogP contribution is -1.81. The summed E-state index contributed by atoms with van der Waals surface area (Å²) in [6.45, 7) is 3.70. The molecular formula is C7H9BrO. The van der Waals surface area contributed by atoms with Crippen molar-refractivity contribution < 1.29 is 4.79 Å². The maximum atomic E-state index is 10.2. The van der Waals surface area contributed by atoms with Gasteiger partial charge in [-0.1, -0.05) is 28.1 Å². The third-order valence-corrected chi connectivity index (χ3v) is 1.88. The average Bonchev–Trinajstić information content (AvgIpc) is 1.90. The van der Waals surface area contributed by atoms with Gasteiger partial charge < -0.3 is 0 Å². The maximum absolute atomic E-state index is 10.2. The van der Waals surface area contributed by atoms with Crippen LogP contribution in [0, 0.1) is 0 Å². The van der Waals surface area contributed by atoms with E-state index in [1.165, 1.54) is 0 Å². The van der Waals surface area contributed by atoms with Gasteiger partial charge in [-0.3, -0.25) is 4.79 Å². The van der Waals surface area contributed by atoms with Crippen molar-refractivity contribution in [1.29, 1.82) is 0 Å². The predicted octanol–water partition coefficient (Wildman–Crippen LogP) is 2.43. The van der Waals surface area contributed by atoms with Crippen molar-refractivity contribution in [1.82, 2.24) is 0 Å². The number of hydrogen-bond donors (Lipinski definition) is 0. The van der Waals surface area contributed by atoms with E-state index < -0.39 is 0 Å². The van der Waals surface area contributed by atoms with E-state index in [-0.39, 0.29) is 0 Å². The summed E-state index contributed by atoms with van der Waals surface area (Å²) in [5.41, 5.74) is 0.692. The third kappa shape index (κ3) is 2.61. The van der Waals surface area contributed by atoms with Gasteiger partial charge in [-0.2, -0.15) is 0 Å². The highest BCUT2D eigenvalue weighted by molar-refractivity contribution is 9.12. The van der Waals surface area contributed by atoms with E-state index in [0.29, 0.717) is 5.57 Å². The first-order valence-electron chi connectivity index (χ1n) is 2.70. The van der Waals surface area contributed by atoms with Gasteiger partial charge in [0, 0.05) is 10.1 Å². The first kappa shape index (κ1) is 8.63. The Morgan fingerprint density at radius 3 is 2.00 bits per heavy atom. The van der Waals surface area contributed by atoms with E-state index in [2.05, 4.69) is 15.9 Å². The number of hydrogen-bond acceptors (Lipinski definition) is 1. The molecule has 0 heterocycles. The molecule has 0 spiro atoms. The molecule has 0 atom stereocenters. The molecule has 50 valence electrons. The molecular weight excluding hydrogens is 180 g/mol. The predicted molar refractivity (Wildman–Crippen MR) is 42.5 cm³/mol. The van der Waals surface area contributed by atoms with Gasteiger partial charge >= 0.3 is 0 Å². The molecule has 0 aliphatic carbocycles. The first-order valence-corrected chi connectivity index (χ1v) is 3.49. The van der Waals surface area contributed by atoms with Gasteiger partial charge in [-0.05, 0) is 13.8 Å². The van der Waals surface area contributed by atoms with Crippen LogP contribution in [0.3, 0.4) is 0 Å². The Balaban J connectivity index is 4.32. The minimum atomic E-state index is 0.692. The fourth-order valence-corrected chi connectivity index (χ4v) is 0.751. The van der Waals surface area contributed by atoms with Gasteiger partial charge in [0.15, 0.2) is 6.29 Å². The van der Waals surface area contributed by atoms with Gasteiger partial charge in [-0.15, -0.1) is 0 Å². The summed E-state index contributed by atoms with van der Waals surface area (Å²) in [7, 11) is 0. The van der Waals surface area contributed by atoms with Crippen molar-refractivity contribution in [3.63, 3.8) is 0 Å². The van der Waals surface area contributed by atoms with Crippen LogP contribution >= 0.6 is 15.9 Å². The number of carbonyl (C=O) groups is 1. The summed E-state index contributed by atoms with van der Waals surface area (Å²) in [5.74, 6) is 0. The Hall–Kier alpha value is -0.370. The number of halogens is 1. The van der Waals surface area contributed by atoms with Crippen molar-refractivity contribution >= 4 is 22.2 Å². The smallest absolute Gasteiger partial charge is 0.150 e. The van der Waals surface area contributed by atoms with Crippen molar-refractivity contribution in [3.8, 4) is 0 Å². The Bertz CT molecular complexity index is 156. The molecule has 2 heteroatoms. The van der Waals surface area contributed by atoms with Gasteiger partial charge in [0.2, 0.25) is 0 Å². The minimum Gasteiger partial charge on any atom is -0.298 e. The molecule has 0 aromatic rings. The number of carbonyl (C=O) groups excluding carboxylic acids is 1. The molecule has 0 amide bonds. The zero-order valence-corrected chi connectivity index (χ0v) is 7.10. The normalized spacial score (nSPS) is 13.7. The van der Waals surface area contributed by atoms with Crippen LogP contribution < -0.4 is 0 Å². The van der Waals surface area contributed by atoms with Gasteiger partial charge in [0.05, 0.1) is 0 Å². The molecule has 0 fully saturated rings. The molecule has 9 heavy (non-hydrogen) atoms. The highest BCUT2D eigenvalue weighted by Gasteiger charge is 1.94. The highest BCUT2D eigenvalue weighted by atomic mass is 79.9. The maximum Gasteiger partial charge on any atom is 0.150 e. The summed E-state index contributed by atoms with van der Waals surface area (Å²) < 4.78 is 0.847. The summed E-state index contributed by atoms with van der Waals surface area (Å²) in [5, 5.41) is 0. The number of aldehydes is 1. The number of rotatable bonds is 2. The second-order valence-electron chi connectivity index (χ2n) is 1.50. The second kappa shape index (κ2) is 4.50. The van der Waals surface area contributed by atoms with Crippen molar-refractivity contribution in [2.24, 2.45) is 0 Å². The molecule has 1 nitrogen and oxygen atoms in total. The third-order valence-electron chi connectivity index (χ3n) is 0.967. The molecule has 0 aromatic carbocycles. The van der Waals surface area contributed by atoms with Crippen LogP contribution in [0.4, 0.5) is 0 Å². The molecule has 0 bridgehead atoms. The lowest BCUT2D eigenvalue weighted by molar-refractivity contribution is -0.104. The van der Waals surface area contributed by atoms with E-state index >= 15 is 0 Å². The van der Waals surface area contributed by atoms with Crippen LogP contribution in [-0.2, 0) is 4.79 Å². The lowest BCUT2D eigenvalue weighted by Gasteiger charge is -1.91. The average molecular weight is 189 g/mol. The Kier molecular flexibility index (Phi) is 4.32. The molecule has 0 unspecified atom stereocenters. The molecule has 0 N–H and O–H groups in total. The van der Waals surface area contributed by atoms with Crippen LogP contribution in [0.5, 0.6) is 0 Å². The van der Waals surface area contributed by atoms with Crippen LogP contribution in [0.2, 0.25) is 0 Å². The molecule has 0 aliphatic rings. The van der Waals surface area contributed by atoms with Crippen molar-refractivity contribution in [3.05, 3.63) is 22.2 Å². The topological polar surface area (TPSA) is 17.1 Å². The summed E-state index contributed by atoms with van der Waals surface area (Å²) in [4.78, 5) is 10.2.